The number of hydrogen-bond donors (Lipinski definition) is 1. The Morgan fingerprint density at radius 1 is 1.43 bits per heavy atom. The Balaban J connectivity index is 2.50. The van der Waals surface area contributed by atoms with Gasteiger partial charge in [0.25, 0.3) is 0 Å². The smallest absolute Gasteiger partial charge is 0.00489 e. The minimum Gasteiger partial charge on any atom is -0.315 e. The number of nitrogens with one attached hydrogen (secondary N) is 1. The Morgan fingerprint density at radius 3 is 2.64 bits per heavy atom. The summed E-state index contributed by atoms with van der Waals surface area (Å²) in [5.41, 5.74) is 1.53. The maximum atomic E-state index is 3.46. The van der Waals surface area contributed by atoms with Crippen molar-refractivity contribution in [2.45, 2.75) is 46.1 Å². The molecule has 1 N–H and O–H groups in total. The molecule has 0 bridgehead atoms. The molecule has 14 heavy (non-hydrogen) atoms. The molecular weight excluding hydrogens is 190 g/mol. The van der Waals surface area contributed by atoms with Crippen molar-refractivity contribution in [1.29, 1.82) is 0 Å². The van der Waals surface area contributed by atoms with Crippen LogP contribution in [0.5, 0.6) is 0 Å². The molecule has 1 heterocycles. The Hall–Kier alpha value is -0.340. The molecule has 2 atom stereocenters. The highest BCUT2D eigenvalue weighted by atomic mass is 32.1. The van der Waals surface area contributed by atoms with Crippen LogP contribution in [0.15, 0.2) is 11.4 Å². The molecular formula is C12H21NS. The van der Waals surface area contributed by atoms with Crippen LogP contribution in [0.2, 0.25) is 0 Å². The Kier molecular flexibility index (Phi) is 4.63. The van der Waals surface area contributed by atoms with Gasteiger partial charge in [0.2, 0.25) is 0 Å². The second-order valence-corrected chi connectivity index (χ2v) is 5.15. The summed E-state index contributed by atoms with van der Waals surface area (Å²) >= 11 is 1.85. The van der Waals surface area contributed by atoms with Crippen LogP contribution in [-0.2, 0) is 0 Å². The van der Waals surface area contributed by atoms with Crippen LogP contribution < -0.4 is 5.32 Å². The topological polar surface area (TPSA) is 12.0 Å². The van der Waals surface area contributed by atoms with E-state index in [1.54, 1.807) is 0 Å². The van der Waals surface area contributed by atoms with E-state index in [9.17, 15) is 0 Å². The van der Waals surface area contributed by atoms with Gasteiger partial charge >= 0.3 is 0 Å². The maximum Gasteiger partial charge on any atom is 0.00489 e. The van der Waals surface area contributed by atoms with Gasteiger partial charge in [-0.05, 0) is 49.7 Å². The molecule has 1 aromatic rings. The van der Waals surface area contributed by atoms with E-state index in [4.69, 9.17) is 0 Å². The predicted molar refractivity (Wildman–Crippen MR) is 65.2 cm³/mol. The highest BCUT2D eigenvalue weighted by molar-refractivity contribution is 7.10. The van der Waals surface area contributed by atoms with E-state index in [1.807, 2.05) is 11.3 Å². The first-order chi connectivity index (χ1) is 6.65. The molecule has 80 valence electrons. The second kappa shape index (κ2) is 5.52. The molecule has 1 rings (SSSR count). The van der Waals surface area contributed by atoms with Crippen LogP contribution in [0.25, 0.3) is 0 Å². The standard InChI is InChI=1S/C12H21NS/c1-5-13-10(3)8-9(2)12-6-7-14-11(12)4/h6-7,9-10,13H,5,8H2,1-4H3. The maximum absolute atomic E-state index is 3.46. The molecule has 2 unspecified atom stereocenters. The van der Waals surface area contributed by atoms with Crippen LogP contribution in [0.4, 0.5) is 0 Å². The normalized spacial score (nSPS) is 15.4. The summed E-state index contributed by atoms with van der Waals surface area (Å²) in [7, 11) is 0. The van der Waals surface area contributed by atoms with Crippen LogP contribution in [0.1, 0.15) is 43.6 Å². The Morgan fingerprint density at radius 2 is 2.14 bits per heavy atom. The Bertz CT molecular complexity index is 267. The molecule has 0 aliphatic heterocycles. The number of rotatable bonds is 5. The van der Waals surface area contributed by atoms with Gasteiger partial charge in [-0.25, -0.2) is 0 Å². The fourth-order valence-corrected chi connectivity index (χ4v) is 2.82. The van der Waals surface area contributed by atoms with Crippen LogP contribution in [0, 0.1) is 6.92 Å². The van der Waals surface area contributed by atoms with Crippen molar-refractivity contribution < 1.29 is 0 Å². The van der Waals surface area contributed by atoms with E-state index in [0.29, 0.717) is 12.0 Å². The zero-order valence-electron chi connectivity index (χ0n) is 9.63. The van der Waals surface area contributed by atoms with Crippen LogP contribution in [0.3, 0.4) is 0 Å². The third kappa shape index (κ3) is 3.10. The average Bonchev–Trinajstić information content (AvgIpc) is 2.51. The number of hydrogen-bond acceptors (Lipinski definition) is 2. The van der Waals surface area contributed by atoms with Gasteiger partial charge in [-0.1, -0.05) is 13.8 Å². The number of thiophene rings is 1. The van der Waals surface area contributed by atoms with E-state index >= 15 is 0 Å². The lowest BCUT2D eigenvalue weighted by Gasteiger charge is -2.17. The van der Waals surface area contributed by atoms with Crippen molar-refractivity contribution in [3.63, 3.8) is 0 Å². The van der Waals surface area contributed by atoms with Gasteiger partial charge in [0.1, 0.15) is 0 Å². The molecule has 0 aliphatic carbocycles. The summed E-state index contributed by atoms with van der Waals surface area (Å²) in [6.45, 7) is 10.0. The highest BCUT2D eigenvalue weighted by Gasteiger charge is 2.12. The SMILES string of the molecule is CCNC(C)CC(C)c1ccsc1C. The zero-order valence-corrected chi connectivity index (χ0v) is 10.4. The van der Waals surface area contributed by atoms with Crippen molar-refractivity contribution in [3.8, 4) is 0 Å². The molecule has 0 saturated heterocycles. The minimum absolute atomic E-state index is 0.620. The zero-order chi connectivity index (χ0) is 10.6. The fraction of sp³-hybridized carbons (Fsp3) is 0.667. The summed E-state index contributed by atoms with van der Waals surface area (Å²) in [6, 6.07) is 2.89. The molecule has 0 aromatic carbocycles. The lowest BCUT2D eigenvalue weighted by molar-refractivity contribution is 0.491. The van der Waals surface area contributed by atoms with E-state index in [0.717, 1.165) is 6.54 Å². The van der Waals surface area contributed by atoms with Gasteiger partial charge in [0.05, 0.1) is 0 Å². The molecule has 1 aromatic heterocycles. The third-order valence-corrected chi connectivity index (χ3v) is 3.55. The van der Waals surface area contributed by atoms with E-state index in [1.165, 1.54) is 16.9 Å². The Labute approximate surface area is 91.5 Å². The highest BCUT2D eigenvalue weighted by Crippen LogP contribution is 2.27. The van der Waals surface area contributed by atoms with Crippen molar-refractivity contribution in [1.82, 2.24) is 5.32 Å². The van der Waals surface area contributed by atoms with Gasteiger partial charge in [-0.3, -0.25) is 0 Å². The van der Waals surface area contributed by atoms with Crippen molar-refractivity contribution >= 4 is 11.3 Å². The lowest BCUT2D eigenvalue weighted by atomic mass is 9.95. The summed E-state index contributed by atoms with van der Waals surface area (Å²) < 4.78 is 0. The lowest BCUT2D eigenvalue weighted by Crippen LogP contribution is -2.26. The van der Waals surface area contributed by atoms with Crippen molar-refractivity contribution in [3.05, 3.63) is 21.9 Å². The van der Waals surface area contributed by atoms with Gasteiger partial charge in [-0.15, -0.1) is 11.3 Å². The quantitative estimate of drug-likeness (QED) is 0.785. The van der Waals surface area contributed by atoms with Gasteiger partial charge in [0, 0.05) is 10.9 Å². The summed E-state index contributed by atoms with van der Waals surface area (Å²) in [6.07, 6.45) is 1.23. The van der Waals surface area contributed by atoms with E-state index in [2.05, 4.69) is 44.5 Å². The first-order valence-corrected chi connectivity index (χ1v) is 6.30. The molecule has 0 aliphatic rings. The van der Waals surface area contributed by atoms with Gasteiger partial charge in [0.15, 0.2) is 0 Å². The summed E-state index contributed by atoms with van der Waals surface area (Å²) in [5, 5.41) is 5.65. The van der Waals surface area contributed by atoms with Gasteiger partial charge < -0.3 is 5.32 Å². The predicted octanol–water partition coefficient (Wildman–Crippen LogP) is 3.55. The third-order valence-electron chi connectivity index (χ3n) is 2.69. The van der Waals surface area contributed by atoms with Crippen LogP contribution >= 0.6 is 11.3 Å². The van der Waals surface area contributed by atoms with Gasteiger partial charge in [-0.2, -0.15) is 0 Å². The molecule has 0 spiro atoms. The van der Waals surface area contributed by atoms with Crippen molar-refractivity contribution in [2.75, 3.05) is 6.54 Å². The molecule has 0 saturated carbocycles. The molecule has 2 heteroatoms. The van der Waals surface area contributed by atoms with E-state index < -0.39 is 0 Å². The molecule has 0 amide bonds. The fourth-order valence-electron chi connectivity index (χ4n) is 2.00. The first-order valence-electron chi connectivity index (χ1n) is 5.42. The summed E-state index contributed by atoms with van der Waals surface area (Å²) in [5.74, 6) is 0.676. The molecule has 0 fully saturated rings. The molecule has 1 nitrogen and oxygen atoms in total. The largest absolute Gasteiger partial charge is 0.315 e. The van der Waals surface area contributed by atoms with E-state index in [-0.39, 0.29) is 0 Å². The van der Waals surface area contributed by atoms with Crippen molar-refractivity contribution in [2.24, 2.45) is 0 Å². The first kappa shape index (κ1) is 11.7. The minimum atomic E-state index is 0.620. The van der Waals surface area contributed by atoms with Crippen LogP contribution in [-0.4, -0.2) is 12.6 Å². The second-order valence-electron chi connectivity index (χ2n) is 4.03. The molecule has 0 radical (unpaired) electrons. The number of aryl methyl sites for hydroxylation is 1. The summed E-state index contributed by atoms with van der Waals surface area (Å²) in [4.78, 5) is 1.47. The monoisotopic (exact) mass is 211 g/mol. The average molecular weight is 211 g/mol.